The van der Waals surface area contributed by atoms with Crippen LogP contribution in [-0.2, 0) is 21.4 Å². The van der Waals surface area contributed by atoms with Gasteiger partial charge in [0, 0.05) is 40.7 Å². The molecule has 0 saturated heterocycles. The predicted octanol–water partition coefficient (Wildman–Crippen LogP) is 7.31. The zero-order valence-corrected chi connectivity index (χ0v) is 26.4. The highest BCUT2D eigenvalue weighted by Crippen LogP contribution is 2.31. The molecule has 0 aliphatic carbocycles. The molecule has 2 aromatic carbocycles. The SMILES string of the molecule is CC(C)c1cccc(-c2cnc(-c3ccc(C[C@H](CC(=O)c4ccc(C(C)(C)C)s4)C(=O)N[C@H](C)C(=O)O)cc3)nc2)c1. The number of Topliss-reactive ketones (excluding diaryl/α,β-unsaturated/α-hetero) is 1. The summed E-state index contributed by atoms with van der Waals surface area (Å²) < 4.78 is 0. The van der Waals surface area contributed by atoms with Gasteiger partial charge < -0.3 is 10.4 Å². The second-order valence-corrected chi connectivity index (χ2v) is 13.4. The van der Waals surface area contributed by atoms with Crippen LogP contribution in [0.1, 0.15) is 79.6 Å². The molecule has 8 heteroatoms. The largest absolute Gasteiger partial charge is 0.480 e. The summed E-state index contributed by atoms with van der Waals surface area (Å²) in [6.07, 6.45) is 3.90. The normalized spacial score (nSPS) is 13.0. The highest BCUT2D eigenvalue weighted by atomic mass is 32.1. The quantitative estimate of drug-likeness (QED) is 0.175. The van der Waals surface area contributed by atoms with E-state index in [0.29, 0.717) is 16.6 Å². The van der Waals surface area contributed by atoms with Crippen molar-refractivity contribution in [3.8, 4) is 22.5 Å². The lowest BCUT2D eigenvalue weighted by molar-refractivity contribution is -0.141. The summed E-state index contributed by atoms with van der Waals surface area (Å²) in [6, 6.07) is 18.7. The number of aromatic nitrogens is 2. The lowest BCUT2D eigenvalue weighted by Gasteiger charge is -2.18. The number of rotatable bonds is 11. The van der Waals surface area contributed by atoms with E-state index in [1.165, 1.54) is 23.8 Å². The fourth-order valence-corrected chi connectivity index (χ4v) is 5.66. The number of aliphatic carboxylic acids is 1. The van der Waals surface area contributed by atoms with Gasteiger partial charge in [-0.1, -0.05) is 83.1 Å². The Kier molecular flexibility index (Phi) is 9.91. The van der Waals surface area contributed by atoms with Crippen molar-refractivity contribution in [1.29, 1.82) is 0 Å². The first-order valence-corrected chi connectivity index (χ1v) is 15.3. The van der Waals surface area contributed by atoms with E-state index in [1.54, 1.807) is 0 Å². The number of carboxylic acid groups (broad SMARTS) is 1. The third-order valence-electron chi connectivity index (χ3n) is 7.38. The Hall–Kier alpha value is -4.17. The number of thiophene rings is 1. The molecule has 0 spiro atoms. The second-order valence-electron chi connectivity index (χ2n) is 12.3. The summed E-state index contributed by atoms with van der Waals surface area (Å²) in [7, 11) is 0. The Bertz CT molecular complexity index is 1580. The molecule has 224 valence electrons. The predicted molar refractivity (Wildman–Crippen MR) is 171 cm³/mol. The number of carboxylic acids is 1. The van der Waals surface area contributed by atoms with Crippen LogP contribution in [0.2, 0.25) is 0 Å². The van der Waals surface area contributed by atoms with E-state index in [-0.39, 0.29) is 24.0 Å². The maximum Gasteiger partial charge on any atom is 0.325 e. The number of hydrogen-bond donors (Lipinski definition) is 2. The van der Waals surface area contributed by atoms with Crippen LogP contribution in [0.5, 0.6) is 0 Å². The van der Waals surface area contributed by atoms with E-state index in [9.17, 15) is 19.5 Å². The van der Waals surface area contributed by atoms with E-state index in [0.717, 1.165) is 27.1 Å². The molecule has 0 aliphatic rings. The summed E-state index contributed by atoms with van der Waals surface area (Å²) in [6.45, 7) is 12.0. The smallest absolute Gasteiger partial charge is 0.325 e. The van der Waals surface area contributed by atoms with Crippen LogP contribution in [0.25, 0.3) is 22.5 Å². The second kappa shape index (κ2) is 13.4. The van der Waals surface area contributed by atoms with Gasteiger partial charge in [-0.3, -0.25) is 14.4 Å². The van der Waals surface area contributed by atoms with Crippen molar-refractivity contribution < 1.29 is 19.5 Å². The Morgan fingerprint density at radius 2 is 1.56 bits per heavy atom. The van der Waals surface area contributed by atoms with Crippen molar-refractivity contribution in [3.63, 3.8) is 0 Å². The lowest BCUT2D eigenvalue weighted by atomic mass is 9.92. The molecule has 0 aliphatic heterocycles. The first-order valence-electron chi connectivity index (χ1n) is 14.5. The van der Waals surface area contributed by atoms with Gasteiger partial charge in [-0.15, -0.1) is 11.3 Å². The Morgan fingerprint density at radius 1 is 0.884 bits per heavy atom. The van der Waals surface area contributed by atoms with Crippen LogP contribution in [-0.4, -0.2) is 38.8 Å². The van der Waals surface area contributed by atoms with Gasteiger partial charge in [0.2, 0.25) is 5.91 Å². The average molecular weight is 598 g/mol. The van der Waals surface area contributed by atoms with Crippen LogP contribution in [0.15, 0.2) is 73.1 Å². The molecular formula is C35H39N3O4S. The number of ketones is 1. The highest BCUT2D eigenvalue weighted by Gasteiger charge is 2.27. The van der Waals surface area contributed by atoms with Crippen molar-refractivity contribution in [2.75, 3.05) is 0 Å². The minimum atomic E-state index is -1.13. The number of nitrogens with one attached hydrogen (secondary N) is 1. The molecule has 2 N–H and O–H groups in total. The third kappa shape index (κ3) is 8.23. The molecular weight excluding hydrogens is 558 g/mol. The van der Waals surface area contributed by atoms with Crippen molar-refractivity contribution in [1.82, 2.24) is 15.3 Å². The van der Waals surface area contributed by atoms with E-state index >= 15 is 0 Å². The maximum atomic E-state index is 13.2. The van der Waals surface area contributed by atoms with Crippen molar-refractivity contribution in [2.24, 2.45) is 5.92 Å². The topological polar surface area (TPSA) is 109 Å². The Balaban J connectivity index is 1.50. The van der Waals surface area contributed by atoms with Gasteiger partial charge >= 0.3 is 5.97 Å². The molecule has 1 amide bonds. The van der Waals surface area contributed by atoms with Gasteiger partial charge in [-0.05, 0) is 53.5 Å². The van der Waals surface area contributed by atoms with E-state index in [2.05, 4.69) is 68.1 Å². The molecule has 0 bridgehead atoms. The summed E-state index contributed by atoms with van der Waals surface area (Å²) in [4.78, 5) is 48.6. The van der Waals surface area contributed by atoms with Crippen molar-refractivity contribution in [3.05, 3.63) is 93.9 Å². The van der Waals surface area contributed by atoms with E-state index in [4.69, 9.17) is 0 Å². The van der Waals surface area contributed by atoms with Gasteiger partial charge in [0.15, 0.2) is 11.6 Å². The molecule has 4 aromatic rings. The molecule has 43 heavy (non-hydrogen) atoms. The van der Waals surface area contributed by atoms with E-state index in [1.807, 2.05) is 54.9 Å². The van der Waals surface area contributed by atoms with Gasteiger partial charge in [-0.25, -0.2) is 9.97 Å². The molecule has 2 atom stereocenters. The third-order valence-corrected chi connectivity index (χ3v) is 8.94. The maximum absolute atomic E-state index is 13.2. The molecule has 0 fully saturated rings. The molecule has 0 saturated carbocycles. The number of hydrogen-bond acceptors (Lipinski definition) is 6. The molecule has 7 nitrogen and oxygen atoms in total. The Labute approximate surface area is 257 Å². The zero-order chi connectivity index (χ0) is 31.3. The summed E-state index contributed by atoms with van der Waals surface area (Å²) in [5.41, 5.74) is 4.87. The Morgan fingerprint density at radius 3 is 2.14 bits per heavy atom. The van der Waals surface area contributed by atoms with Crippen LogP contribution in [0.3, 0.4) is 0 Å². The number of carbonyl (C=O) groups excluding carboxylic acids is 2. The fraction of sp³-hybridized carbons (Fsp3) is 0.343. The lowest BCUT2D eigenvalue weighted by Crippen LogP contribution is -2.42. The van der Waals surface area contributed by atoms with Crippen LogP contribution in [0.4, 0.5) is 0 Å². The molecule has 4 rings (SSSR count). The first-order chi connectivity index (χ1) is 20.3. The number of benzene rings is 2. The highest BCUT2D eigenvalue weighted by molar-refractivity contribution is 7.14. The van der Waals surface area contributed by atoms with Crippen LogP contribution < -0.4 is 5.32 Å². The molecule has 2 heterocycles. The minimum absolute atomic E-state index is 0.0212. The van der Waals surface area contributed by atoms with Gasteiger partial charge in [0.25, 0.3) is 0 Å². The number of carbonyl (C=O) groups is 3. The van der Waals surface area contributed by atoms with Crippen LogP contribution in [0, 0.1) is 5.92 Å². The van der Waals surface area contributed by atoms with E-state index < -0.39 is 23.8 Å². The first kappa shape index (κ1) is 31.8. The van der Waals surface area contributed by atoms with Crippen molar-refractivity contribution >= 4 is 29.0 Å². The molecule has 0 unspecified atom stereocenters. The summed E-state index contributed by atoms with van der Waals surface area (Å²) in [5.74, 6) is -1.43. The van der Waals surface area contributed by atoms with Crippen molar-refractivity contribution in [2.45, 2.75) is 71.8 Å². The van der Waals surface area contributed by atoms with Crippen LogP contribution >= 0.6 is 11.3 Å². The fourth-order valence-electron chi connectivity index (χ4n) is 4.64. The van der Waals surface area contributed by atoms with Gasteiger partial charge in [-0.2, -0.15) is 0 Å². The van der Waals surface area contributed by atoms with Gasteiger partial charge in [0.05, 0.1) is 4.88 Å². The zero-order valence-electron chi connectivity index (χ0n) is 25.5. The standard InChI is InChI=1S/C35H39N3O4S/c1-21(2)25-8-7-9-26(17-25)28-19-36-32(37-20-28)24-12-10-23(11-13-24)16-27(33(40)38-22(3)34(41)42)18-29(39)30-14-15-31(43-30)35(4,5)6/h7-15,17,19-22,27H,16,18H2,1-6H3,(H,38,40)(H,41,42)/t22-,27-/m1/s1. The van der Waals surface area contributed by atoms with Gasteiger partial charge in [0.1, 0.15) is 6.04 Å². The number of nitrogens with zero attached hydrogens (tertiary/aromatic N) is 2. The minimum Gasteiger partial charge on any atom is -0.480 e. The molecule has 0 radical (unpaired) electrons. The summed E-state index contributed by atoms with van der Waals surface area (Å²) >= 11 is 1.44. The summed E-state index contributed by atoms with van der Waals surface area (Å²) in [5, 5.41) is 11.8. The average Bonchev–Trinajstić information content (AvgIpc) is 3.49. The number of amides is 1. The monoisotopic (exact) mass is 597 g/mol. The molecule has 2 aromatic heterocycles.